The van der Waals surface area contributed by atoms with Crippen molar-refractivity contribution in [1.29, 1.82) is 0 Å². The highest BCUT2D eigenvalue weighted by Gasteiger charge is 2.30. The van der Waals surface area contributed by atoms with Crippen molar-refractivity contribution in [2.45, 2.75) is 112 Å². The largest absolute Gasteiger partial charge is 0.408 e. The second-order valence-electron chi connectivity index (χ2n) is 25.3. The number of allylic oxidation sites excluding steroid dienone is 1. The van der Waals surface area contributed by atoms with Crippen LogP contribution in [0, 0.1) is 41.5 Å². The van der Waals surface area contributed by atoms with Crippen LogP contribution in [0.4, 0.5) is 13.2 Å². The molecule has 0 spiro atoms. The fourth-order valence-electron chi connectivity index (χ4n) is 14.0. The minimum Gasteiger partial charge on any atom is -0.361 e. The number of hydrogen-bond donors (Lipinski definition) is 0. The van der Waals surface area contributed by atoms with E-state index < -0.39 is 12.7 Å². The molecule has 15 aromatic rings. The van der Waals surface area contributed by atoms with Gasteiger partial charge in [-0.3, -0.25) is 29.0 Å². The van der Waals surface area contributed by atoms with E-state index in [0.29, 0.717) is 33.9 Å². The number of hydrogen-bond acceptors (Lipinski definition) is 12. The first-order valence-corrected chi connectivity index (χ1v) is 32.1. The summed E-state index contributed by atoms with van der Waals surface area (Å²) in [6.07, 6.45) is 20.1. The molecule has 5 unspecified atom stereocenters. The summed E-state index contributed by atoms with van der Waals surface area (Å²) in [5.74, 6) is 2.10. The van der Waals surface area contributed by atoms with Crippen molar-refractivity contribution in [1.82, 2.24) is 73.5 Å². The number of halogens is 3. The molecule has 0 bridgehead atoms. The zero-order valence-electron chi connectivity index (χ0n) is 55.1. The lowest BCUT2D eigenvalue weighted by Gasteiger charge is -2.19. The highest BCUT2D eigenvalue weighted by molar-refractivity contribution is 5.97. The Morgan fingerprint density at radius 2 is 0.804 bits per heavy atom. The SMILES string of the molecule is C=CC(c1cccc(C(C)n2cc(-c3cnn(CC(F)(F)F)c3)c3ncc(-c4c(C)noc4C)cc32)c1)n1cc(-c2cn(C(C)c3cccc(C(C)n4cc(-c5cn(C(C)c6ccccc6)c6cc(-c7c(C)noc7C)cnc56)cn4)c3)c3cc(-c4c(C)noc4C)cnc23)cn1. The zero-order valence-corrected chi connectivity index (χ0v) is 55.1. The van der Waals surface area contributed by atoms with E-state index in [0.717, 1.165) is 127 Å². The van der Waals surface area contributed by atoms with Gasteiger partial charge in [0, 0.05) is 123 Å². The van der Waals surface area contributed by atoms with E-state index in [1.165, 1.54) is 18.0 Å². The van der Waals surface area contributed by atoms with E-state index in [2.05, 4.69) is 166 Å². The van der Waals surface area contributed by atoms with Crippen LogP contribution in [0.1, 0.15) is 120 Å². The molecule has 12 heterocycles. The fourth-order valence-corrected chi connectivity index (χ4v) is 14.0. The smallest absolute Gasteiger partial charge is 0.361 e. The number of benzene rings is 3. The molecule has 0 aliphatic rings. The van der Waals surface area contributed by atoms with Crippen molar-refractivity contribution >= 4 is 33.1 Å². The topological polar surface area (TPSA) is 185 Å². The van der Waals surface area contributed by atoms with Gasteiger partial charge in [-0.05, 0) is 115 Å². The summed E-state index contributed by atoms with van der Waals surface area (Å²) in [6, 6.07) is 32.9. The van der Waals surface area contributed by atoms with E-state index in [-0.39, 0.29) is 30.2 Å². The third-order valence-corrected chi connectivity index (χ3v) is 19.1. The maximum Gasteiger partial charge on any atom is 0.408 e. The van der Waals surface area contributed by atoms with Crippen molar-refractivity contribution in [3.05, 3.63) is 246 Å². The summed E-state index contributed by atoms with van der Waals surface area (Å²) in [4.78, 5) is 15.3. The molecule has 0 aliphatic carbocycles. The van der Waals surface area contributed by atoms with Crippen molar-refractivity contribution < 1.29 is 26.7 Å². The summed E-state index contributed by atoms with van der Waals surface area (Å²) in [6.45, 7) is 23.3. The normalized spacial score (nSPS) is 13.7. The van der Waals surface area contributed by atoms with Crippen LogP contribution in [0.2, 0.25) is 0 Å². The van der Waals surface area contributed by atoms with E-state index in [1.807, 2.05) is 112 Å². The molecule has 0 fully saturated rings. The highest BCUT2D eigenvalue weighted by Crippen LogP contribution is 2.42. The lowest BCUT2D eigenvalue weighted by molar-refractivity contribution is -0.142. The average molecular weight is 1300 g/mol. The number of aryl methyl sites for hydroxylation is 6. The maximum absolute atomic E-state index is 13.5. The van der Waals surface area contributed by atoms with Gasteiger partial charge in [0.15, 0.2) is 0 Å². The summed E-state index contributed by atoms with van der Waals surface area (Å²) >= 11 is 0. The Bertz CT molecular complexity index is 5430. The molecule has 0 saturated heterocycles. The first kappa shape index (κ1) is 61.7. The van der Waals surface area contributed by atoms with Crippen LogP contribution in [0.25, 0.3) is 99.9 Å². The zero-order chi connectivity index (χ0) is 67.3. The number of pyridine rings is 3. The van der Waals surface area contributed by atoms with E-state index in [4.69, 9.17) is 38.7 Å². The Balaban J connectivity index is 0.746. The Labute approximate surface area is 555 Å². The van der Waals surface area contributed by atoms with Crippen LogP contribution in [0.15, 0.2) is 198 Å². The number of fused-ring (bicyclic) bond motifs is 3. The van der Waals surface area contributed by atoms with Gasteiger partial charge >= 0.3 is 6.18 Å². The molecule has 21 heteroatoms. The summed E-state index contributed by atoms with van der Waals surface area (Å²) < 4.78 is 69.0. The van der Waals surface area contributed by atoms with Crippen molar-refractivity contribution in [2.75, 3.05) is 0 Å². The predicted octanol–water partition coefficient (Wildman–Crippen LogP) is 17.9. The fraction of sp³-hybridized carbons (Fsp3) is 0.224. The standard InChI is InChI=1S/C76H68F3N15O3/c1-12-66(56-23-17-21-54(25-56)47(7)91-38-63(60-32-83-89(35-60)41-76(77,78)79)73-68(91)27-58(29-80-73)71-43(3)87-96-50(71)10)94-37-62(34-85-94)65-40-92(69-28-59(31-82-75(65)69)72-44(4)88-97-51(72)11)46(6)53-20-16-22-55(24-53)48(8)93-36-61(33-84-93)64-39-90(45(5)52-18-14-13-15-19-52)67-26-57(30-81-74(64)67)70-42(2)86-95-49(70)9/h12-40,45-48,66H,1,41H2,2-11H3. The molecule has 0 amide bonds. The van der Waals surface area contributed by atoms with Crippen LogP contribution < -0.4 is 0 Å². The third-order valence-electron chi connectivity index (χ3n) is 19.1. The Hall–Kier alpha value is -11.5. The number of rotatable bonds is 18. The molecule has 15 rings (SSSR count). The van der Waals surface area contributed by atoms with E-state index >= 15 is 0 Å². The minimum absolute atomic E-state index is 0.0121. The highest BCUT2D eigenvalue weighted by atomic mass is 19.4. The molecule has 5 atom stereocenters. The second kappa shape index (κ2) is 24.1. The maximum atomic E-state index is 13.5. The van der Waals surface area contributed by atoms with Gasteiger partial charge < -0.3 is 27.3 Å². The molecule has 18 nitrogen and oxygen atoms in total. The van der Waals surface area contributed by atoms with Gasteiger partial charge in [0.1, 0.15) is 23.8 Å². The molecular weight excluding hydrogens is 1230 g/mol. The molecule has 0 radical (unpaired) electrons. The first-order chi connectivity index (χ1) is 46.8. The lowest BCUT2D eigenvalue weighted by atomic mass is 10.00. The van der Waals surface area contributed by atoms with Crippen LogP contribution in [0.3, 0.4) is 0 Å². The molecule has 97 heavy (non-hydrogen) atoms. The van der Waals surface area contributed by atoms with Gasteiger partial charge in [0.05, 0.1) is 99.0 Å². The predicted molar refractivity (Wildman–Crippen MR) is 367 cm³/mol. The minimum atomic E-state index is -4.44. The van der Waals surface area contributed by atoms with Gasteiger partial charge in [0.25, 0.3) is 0 Å². The molecule has 0 aliphatic heterocycles. The van der Waals surface area contributed by atoms with Crippen LogP contribution in [0.5, 0.6) is 0 Å². The summed E-state index contributed by atoms with van der Waals surface area (Å²) in [5.41, 5.74) is 22.7. The number of alkyl halides is 3. The number of aromatic nitrogens is 15. The average Bonchev–Trinajstić information content (AvgIpc) is 1.62. The lowest BCUT2D eigenvalue weighted by Crippen LogP contribution is -2.17. The molecule has 3 aromatic carbocycles. The molecule has 0 saturated carbocycles. The number of nitrogens with zero attached hydrogens (tertiary/aromatic N) is 15. The van der Waals surface area contributed by atoms with Gasteiger partial charge in [-0.1, -0.05) is 100 Å². The van der Waals surface area contributed by atoms with Gasteiger partial charge in [-0.25, -0.2) is 0 Å². The van der Waals surface area contributed by atoms with E-state index in [1.54, 1.807) is 6.20 Å². The summed E-state index contributed by atoms with van der Waals surface area (Å²) in [5, 5.41) is 26.9. The Morgan fingerprint density at radius 1 is 0.423 bits per heavy atom. The van der Waals surface area contributed by atoms with Crippen LogP contribution in [-0.4, -0.2) is 79.6 Å². The van der Waals surface area contributed by atoms with Gasteiger partial charge in [0.2, 0.25) is 0 Å². The van der Waals surface area contributed by atoms with Crippen molar-refractivity contribution in [2.24, 2.45) is 0 Å². The molecular formula is C76H68F3N15O3. The second-order valence-corrected chi connectivity index (χ2v) is 25.3. The van der Waals surface area contributed by atoms with Crippen LogP contribution >= 0.6 is 0 Å². The summed E-state index contributed by atoms with van der Waals surface area (Å²) in [7, 11) is 0. The quantitative estimate of drug-likeness (QED) is 0.0742. The first-order valence-electron chi connectivity index (χ1n) is 32.1. The van der Waals surface area contributed by atoms with Crippen molar-refractivity contribution in [3.8, 4) is 66.8 Å². The monoisotopic (exact) mass is 1300 g/mol. The van der Waals surface area contributed by atoms with E-state index in [9.17, 15) is 13.2 Å². The van der Waals surface area contributed by atoms with Crippen LogP contribution in [-0.2, 0) is 6.54 Å². The third kappa shape index (κ3) is 11.0. The van der Waals surface area contributed by atoms with Gasteiger partial charge in [-0.2, -0.15) is 28.5 Å². The van der Waals surface area contributed by atoms with Crippen molar-refractivity contribution in [3.63, 3.8) is 0 Å². The molecule has 12 aromatic heterocycles. The molecule has 486 valence electrons. The molecule has 0 N–H and O–H groups in total. The van der Waals surface area contributed by atoms with Gasteiger partial charge in [-0.15, -0.1) is 6.58 Å². The Morgan fingerprint density at radius 3 is 1.24 bits per heavy atom. The Kier molecular flexibility index (Phi) is 15.3.